The fourth-order valence-electron chi connectivity index (χ4n) is 1.55. The van der Waals surface area contributed by atoms with E-state index in [-0.39, 0.29) is 12.1 Å². The number of carboxylic acid groups (broad SMARTS) is 1. The molecule has 0 amide bonds. The van der Waals surface area contributed by atoms with E-state index in [1.807, 2.05) is 0 Å². The molecule has 1 rings (SSSR count). The number of nitrogens with zero attached hydrogens (tertiary/aromatic N) is 1. The van der Waals surface area contributed by atoms with Crippen LogP contribution in [0.2, 0.25) is 0 Å². The number of nitrogens with one attached hydrogen (secondary N) is 1. The van der Waals surface area contributed by atoms with Gasteiger partial charge in [-0.05, 0) is 18.6 Å². The summed E-state index contributed by atoms with van der Waals surface area (Å²) in [7, 11) is 0. The van der Waals surface area contributed by atoms with E-state index in [1.165, 1.54) is 12.1 Å². The largest absolute Gasteiger partial charge is 0.481 e. The van der Waals surface area contributed by atoms with Gasteiger partial charge in [-0.1, -0.05) is 13.0 Å². The first-order valence-electron chi connectivity index (χ1n) is 5.37. The molecule has 2 N–H and O–H groups in total. The van der Waals surface area contributed by atoms with Crippen molar-refractivity contribution in [3.63, 3.8) is 0 Å². The van der Waals surface area contributed by atoms with Gasteiger partial charge in [-0.2, -0.15) is 4.39 Å². The van der Waals surface area contributed by atoms with E-state index < -0.39 is 28.4 Å². The first-order valence-corrected chi connectivity index (χ1v) is 5.37. The predicted molar refractivity (Wildman–Crippen MR) is 63.0 cm³/mol. The van der Waals surface area contributed by atoms with E-state index in [1.54, 1.807) is 6.92 Å². The molecule has 0 aliphatic carbocycles. The van der Waals surface area contributed by atoms with Crippen molar-refractivity contribution in [3.05, 3.63) is 34.1 Å². The van der Waals surface area contributed by atoms with Crippen molar-refractivity contribution >= 4 is 17.3 Å². The summed E-state index contributed by atoms with van der Waals surface area (Å²) in [6.45, 7) is 1.74. The van der Waals surface area contributed by atoms with E-state index in [0.717, 1.165) is 6.07 Å². The maximum absolute atomic E-state index is 13.3. The van der Waals surface area contributed by atoms with Gasteiger partial charge in [-0.15, -0.1) is 0 Å². The summed E-state index contributed by atoms with van der Waals surface area (Å²) in [6.07, 6.45) is 0.268. The fourth-order valence-corrected chi connectivity index (χ4v) is 1.55. The van der Waals surface area contributed by atoms with Crippen molar-refractivity contribution in [3.8, 4) is 0 Å². The summed E-state index contributed by atoms with van der Waals surface area (Å²) >= 11 is 0. The summed E-state index contributed by atoms with van der Waals surface area (Å²) in [4.78, 5) is 20.5. The minimum atomic E-state index is -1.02. The number of hydrogen-bond donors (Lipinski definition) is 2. The molecule has 6 nitrogen and oxygen atoms in total. The Morgan fingerprint density at radius 2 is 2.28 bits per heavy atom. The zero-order valence-electron chi connectivity index (χ0n) is 9.72. The number of anilines is 1. The van der Waals surface area contributed by atoms with Gasteiger partial charge < -0.3 is 10.4 Å². The maximum Gasteiger partial charge on any atom is 0.327 e. The second-order valence-electron chi connectivity index (χ2n) is 3.74. The molecule has 0 spiro atoms. The van der Waals surface area contributed by atoms with E-state index in [9.17, 15) is 19.3 Å². The van der Waals surface area contributed by atoms with E-state index in [2.05, 4.69) is 5.32 Å². The number of para-hydroxylation sites is 1. The van der Waals surface area contributed by atoms with E-state index in [0.29, 0.717) is 6.42 Å². The number of carbonyl (C=O) groups is 1. The quantitative estimate of drug-likeness (QED) is 0.602. The van der Waals surface area contributed by atoms with Gasteiger partial charge in [0.25, 0.3) is 0 Å². The third-order valence-corrected chi connectivity index (χ3v) is 2.44. The third kappa shape index (κ3) is 3.41. The van der Waals surface area contributed by atoms with Crippen LogP contribution in [0.5, 0.6) is 0 Å². The van der Waals surface area contributed by atoms with Crippen LogP contribution in [0.4, 0.5) is 15.8 Å². The van der Waals surface area contributed by atoms with Gasteiger partial charge in [-0.3, -0.25) is 14.9 Å². The molecule has 1 aromatic carbocycles. The molecule has 0 heterocycles. The molecule has 0 fully saturated rings. The summed E-state index contributed by atoms with van der Waals surface area (Å²) in [5.41, 5.74) is -0.672. The molecule has 0 aromatic heterocycles. The average molecular weight is 256 g/mol. The van der Waals surface area contributed by atoms with Crippen molar-refractivity contribution in [2.24, 2.45) is 0 Å². The Balaban J connectivity index is 2.99. The average Bonchev–Trinajstić information content (AvgIpc) is 2.27. The van der Waals surface area contributed by atoms with Gasteiger partial charge in [0.15, 0.2) is 0 Å². The summed E-state index contributed by atoms with van der Waals surface area (Å²) < 4.78 is 13.3. The minimum Gasteiger partial charge on any atom is -0.481 e. The molecule has 1 atom stereocenters. The van der Waals surface area contributed by atoms with Gasteiger partial charge in [-0.25, -0.2) is 0 Å². The molecular weight excluding hydrogens is 243 g/mol. The molecule has 0 radical (unpaired) electrons. The van der Waals surface area contributed by atoms with Crippen molar-refractivity contribution in [2.45, 2.75) is 25.8 Å². The number of rotatable bonds is 6. The number of hydrogen-bond acceptors (Lipinski definition) is 4. The Morgan fingerprint density at radius 1 is 1.61 bits per heavy atom. The molecule has 18 heavy (non-hydrogen) atoms. The smallest absolute Gasteiger partial charge is 0.327 e. The van der Waals surface area contributed by atoms with Crippen LogP contribution in [-0.2, 0) is 4.79 Å². The number of nitro groups is 1. The molecule has 7 heteroatoms. The second kappa shape index (κ2) is 5.95. The lowest BCUT2D eigenvalue weighted by molar-refractivity contribution is -0.386. The molecule has 98 valence electrons. The minimum absolute atomic E-state index is 0.00639. The van der Waals surface area contributed by atoms with Gasteiger partial charge in [0, 0.05) is 6.04 Å². The number of carboxylic acids is 1. The Labute approximate surface area is 103 Å². The van der Waals surface area contributed by atoms with Crippen molar-refractivity contribution in [2.75, 3.05) is 5.32 Å². The van der Waals surface area contributed by atoms with E-state index >= 15 is 0 Å². The second-order valence-corrected chi connectivity index (χ2v) is 3.74. The van der Waals surface area contributed by atoms with Gasteiger partial charge in [0.2, 0.25) is 5.82 Å². The lowest BCUT2D eigenvalue weighted by Gasteiger charge is -2.16. The summed E-state index contributed by atoms with van der Waals surface area (Å²) in [6, 6.07) is 3.19. The topological polar surface area (TPSA) is 92.5 Å². The highest BCUT2D eigenvalue weighted by atomic mass is 19.1. The van der Waals surface area contributed by atoms with Crippen LogP contribution in [0.25, 0.3) is 0 Å². The van der Waals surface area contributed by atoms with Crippen LogP contribution in [0, 0.1) is 15.9 Å². The molecule has 0 saturated heterocycles. The highest BCUT2D eigenvalue weighted by Crippen LogP contribution is 2.28. The Kier molecular flexibility index (Phi) is 4.59. The first kappa shape index (κ1) is 13.9. The summed E-state index contributed by atoms with van der Waals surface area (Å²) in [5.74, 6) is -1.97. The number of halogens is 1. The monoisotopic (exact) mass is 256 g/mol. The fraction of sp³-hybridized carbons (Fsp3) is 0.364. The predicted octanol–water partition coefficient (Wildman–Crippen LogP) is 2.40. The van der Waals surface area contributed by atoms with Crippen LogP contribution < -0.4 is 5.32 Å². The molecule has 0 aliphatic heterocycles. The maximum atomic E-state index is 13.3. The molecular formula is C11H13FN2O4. The van der Waals surface area contributed by atoms with Gasteiger partial charge in [0.1, 0.15) is 5.69 Å². The van der Waals surface area contributed by atoms with Crippen molar-refractivity contribution < 1.29 is 19.2 Å². The normalized spacial score (nSPS) is 11.9. The standard InChI is InChI=1S/C11H13FN2O4/c1-2-7(6-10(15)16)13-9-5-3-4-8(12)11(9)14(17)18/h3-5,7,13H,2,6H2,1H3,(H,15,16). The van der Waals surface area contributed by atoms with Crippen LogP contribution >= 0.6 is 0 Å². The molecule has 1 unspecified atom stereocenters. The molecule has 0 aliphatic rings. The Morgan fingerprint density at radius 3 is 2.78 bits per heavy atom. The molecule has 1 aromatic rings. The Hall–Kier alpha value is -2.18. The summed E-state index contributed by atoms with van der Waals surface area (Å²) in [5, 5.41) is 22.1. The zero-order valence-corrected chi connectivity index (χ0v) is 9.72. The number of aliphatic carboxylic acids is 1. The van der Waals surface area contributed by atoms with Crippen LogP contribution in [0.3, 0.4) is 0 Å². The lowest BCUT2D eigenvalue weighted by Crippen LogP contribution is -2.22. The Bertz CT molecular complexity index is 464. The first-order chi connectivity index (χ1) is 8.45. The van der Waals surface area contributed by atoms with E-state index in [4.69, 9.17) is 5.11 Å². The highest BCUT2D eigenvalue weighted by molar-refractivity contribution is 5.69. The highest BCUT2D eigenvalue weighted by Gasteiger charge is 2.22. The number of benzene rings is 1. The SMILES string of the molecule is CCC(CC(=O)O)Nc1cccc(F)c1[N+](=O)[O-]. The molecule has 0 bridgehead atoms. The number of nitro benzene ring substituents is 1. The lowest BCUT2D eigenvalue weighted by atomic mass is 10.1. The molecule has 0 saturated carbocycles. The van der Waals surface area contributed by atoms with Gasteiger partial charge >= 0.3 is 11.7 Å². The van der Waals surface area contributed by atoms with Crippen molar-refractivity contribution in [1.82, 2.24) is 0 Å². The van der Waals surface area contributed by atoms with Crippen LogP contribution in [-0.4, -0.2) is 22.0 Å². The van der Waals surface area contributed by atoms with Crippen LogP contribution in [0.1, 0.15) is 19.8 Å². The third-order valence-electron chi connectivity index (χ3n) is 2.44. The van der Waals surface area contributed by atoms with Gasteiger partial charge in [0.05, 0.1) is 11.3 Å². The van der Waals surface area contributed by atoms with Crippen molar-refractivity contribution in [1.29, 1.82) is 0 Å². The zero-order chi connectivity index (χ0) is 13.7. The van der Waals surface area contributed by atoms with Crippen LogP contribution in [0.15, 0.2) is 18.2 Å².